The van der Waals surface area contributed by atoms with Crippen molar-refractivity contribution in [1.82, 2.24) is 10.3 Å². The highest BCUT2D eigenvalue weighted by Gasteiger charge is 2.21. The maximum atomic E-state index is 12.8. The molecule has 0 saturated heterocycles. The first kappa shape index (κ1) is 17.9. The molecule has 5 heteroatoms. The van der Waals surface area contributed by atoms with Gasteiger partial charge in [-0.1, -0.05) is 24.3 Å². The van der Waals surface area contributed by atoms with Crippen LogP contribution in [0, 0.1) is 0 Å². The minimum absolute atomic E-state index is 0.0419. The molecule has 1 saturated carbocycles. The third-order valence-corrected chi connectivity index (χ3v) is 5.82. The number of aromatic nitrogens is 1. The smallest absolute Gasteiger partial charge is 0.251 e. The summed E-state index contributed by atoms with van der Waals surface area (Å²) >= 11 is 0. The van der Waals surface area contributed by atoms with Crippen LogP contribution in [0.1, 0.15) is 36.0 Å². The van der Waals surface area contributed by atoms with E-state index in [2.05, 4.69) is 10.3 Å². The lowest BCUT2D eigenvalue weighted by Crippen LogP contribution is -2.40. The van der Waals surface area contributed by atoms with Gasteiger partial charge in [0.25, 0.3) is 5.91 Å². The molecule has 2 aromatic carbocycles. The number of fused-ring (bicyclic) bond motifs is 2. The molecule has 29 heavy (non-hydrogen) atoms. The number of rotatable bonds is 3. The molecule has 0 radical (unpaired) electrons. The van der Waals surface area contributed by atoms with E-state index in [4.69, 9.17) is 10.2 Å². The fourth-order valence-electron chi connectivity index (χ4n) is 4.15. The van der Waals surface area contributed by atoms with E-state index in [1.54, 1.807) is 6.20 Å². The van der Waals surface area contributed by atoms with Gasteiger partial charge in [-0.25, -0.2) is 0 Å². The van der Waals surface area contributed by atoms with Crippen LogP contribution >= 0.6 is 0 Å². The molecule has 1 aliphatic rings. The molecule has 4 aromatic rings. The van der Waals surface area contributed by atoms with Gasteiger partial charge in [0.2, 0.25) is 0 Å². The summed E-state index contributed by atoms with van der Waals surface area (Å²) in [6.07, 6.45) is 7.41. The van der Waals surface area contributed by atoms with Gasteiger partial charge in [0, 0.05) is 46.4 Å². The number of pyridine rings is 1. The van der Waals surface area contributed by atoms with Crippen molar-refractivity contribution in [3.63, 3.8) is 0 Å². The number of furan rings is 1. The summed E-state index contributed by atoms with van der Waals surface area (Å²) in [7, 11) is 0. The highest BCUT2D eigenvalue weighted by molar-refractivity contribution is 6.03. The quantitative estimate of drug-likeness (QED) is 0.538. The number of hydrogen-bond acceptors (Lipinski definition) is 4. The van der Waals surface area contributed by atoms with Crippen LogP contribution in [0.2, 0.25) is 0 Å². The summed E-state index contributed by atoms with van der Waals surface area (Å²) in [5, 5.41) is 6.14. The van der Waals surface area contributed by atoms with E-state index in [1.165, 1.54) is 0 Å². The molecule has 0 bridgehead atoms. The zero-order chi connectivity index (χ0) is 19.8. The molecule has 5 nitrogen and oxygen atoms in total. The van der Waals surface area contributed by atoms with E-state index < -0.39 is 0 Å². The SMILES string of the molecule is N[C@H]1CC[C@@H](NC(=O)c2ccc3cncc(-c4cc5ccccc5o4)c3c2)CC1. The lowest BCUT2D eigenvalue weighted by Gasteiger charge is -2.26. The van der Waals surface area contributed by atoms with Crippen molar-refractivity contribution in [2.24, 2.45) is 5.73 Å². The Morgan fingerprint density at radius 2 is 1.83 bits per heavy atom. The maximum Gasteiger partial charge on any atom is 0.251 e. The summed E-state index contributed by atoms with van der Waals surface area (Å²) in [4.78, 5) is 17.2. The predicted molar refractivity (Wildman–Crippen MR) is 115 cm³/mol. The van der Waals surface area contributed by atoms with Gasteiger partial charge in [0.1, 0.15) is 11.3 Å². The van der Waals surface area contributed by atoms with Gasteiger partial charge in [-0.05, 0) is 55.3 Å². The standard InChI is InChI=1S/C24H23N3O2/c25-18-7-9-19(10-8-18)27-24(28)16-5-6-17-13-26-14-21(20(17)11-16)23-12-15-3-1-2-4-22(15)29-23/h1-6,11-14,18-19H,7-10,25H2,(H,27,28)/t18-,19+. The lowest BCUT2D eigenvalue weighted by atomic mass is 9.91. The Hall–Kier alpha value is -3.18. The number of hydrogen-bond donors (Lipinski definition) is 2. The number of carbonyl (C=O) groups excluding carboxylic acids is 1. The molecule has 1 aliphatic carbocycles. The van der Waals surface area contributed by atoms with E-state index in [0.717, 1.165) is 58.7 Å². The fourth-order valence-corrected chi connectivity index (χ4v) is 4.15. The van der Waals surface area contributed by atoms with Gasteiger partial charge >= 0.3 is 0 Å². The van der Waals surface area contributed by atoms with Crippen LogP contribution in [-0.4, -0.2) is 23.0 Å². The molecule has 146 valence electrons. The highest BCUT2D eigenvalue weighted by Crippen LogP contribution is 2.32. The van der Waals surface area contributed by atoms with E-state index in [-0.39, 0.29) is 18.0 Å². The van der Waals surface area contributed by atoms with Crippen molar-refractivity contribution in [3.8, 4) is 11.3 Å². The molecule has 0 atom stereocenters. The molecule has 1 fully saturated rings. The first-order chi connectivity index (χ1) is 14.2. The molecule has 1 amide bonds. The van der Waals surface area contributed by atoms with Crippen LogP contribution in [0.25, 0.3) is 33.1 Å². The van der Waals surface area contributed by atoms with Crippen LogP contribution in [-0.2, 0) is 0 Å². The van der Waals surface area contributed by atoms with E-state index in [1.807, 2.05) is 54.7 Å². The van der Waals surface area contributed by atoms with Gasteiger partial charge < -0.3 is 15.5 Å². The third kappa shape index (κ3) is 3.49. The molecule has 0 spiro atoms. The highest BCUT2D eigenvalue weighted by atomic mass is 16.3. The Balaban J connectivity index is 1.49. The zero-order valence-electron chi connectivity index (χ0n) is 16.1. The van der Waals surface area contributed by atoms with Gasteiger partial charge in [-0.3, -0.25) is 9.78 Å². The number of amides is 1. The van der Waals surface area contributed by atoms with Crippen molar-refractivity contribution in [1.29, 1.82) is 0 Å². The van der Waals surface area contributed by atoms with Crippen molar-refractivity contribution in [3.05, 3.63) is 66.5 Å². The van der Waals surface area contributed by atoms with Crippen molar-refractivity contribution in [2.75, 3.05) is 0 Å². The first-order valence-corrected chi connectivity index (χ1v) is 10.1. The number of nitrogens with zero attached hydrogens (tertiary/aromatic N) is 1. The Bertz CT molecular complexity index is 1160. The maximum absolute atomic E-state index is 12.8. The topological polar surface area (TPSA) is 81.1 Å². The number of carbonyl (C=O) groups is 1. The summed E-state index contributed by atoms with van der Waals surface area (Å²) in [6, 6.07) is 16.1. The van der Waals surface area contributed by atoms with E-state index >= 15 is 0 Å². The van der Waals surface area contributed by atoms with Gasteiger partial charge in [-0.2, -0.15) is 0 Å². The normalized spacial score (nSPS) is 19.5. The molecule has 2 heterocycles. The van der Waals surface area contributed by atoms with Gasteiger partial charge in [0.05, 0.1) is 0 Å². The third-order valence-electron chi connectivity index (χ3n) is 5.82. The van der Waals surface area contributed by atoms with Crippen molar-refractivity contribution in [2.45, 2.75) is 37.8 Å². The Morgan fingerprint density at radius 3 is 2.66 bits per heavy atom. The van der Waals surface area contributed by atoms with Gasteiger partial charge in [0.15, 0.2) is 0 Å². The second-order valence-electron chi connectivity index (χ2n) is 7.86. The molecule has 0 unspecified atom stereocenters. The second kappa shape index (κ2) is 7.33. The van der Waals surface area contributed by atoms with Crippen molar-refractivity contribution < 1.29 is 9.21 Å². The van der Waals surface area contributed by atoms with Crippen LogP contribution in [0.3, 0.4) is 0 Å². The van der Waals surface area contributed by atoms with Crippen molar-refractivity contribution >= 4 is 27.6 Å². The minimum Gasteiger partial charge on any atom is -0.456 e. The monoisotopic (exact) mass is 385 g/mol. The summed E-state index contributed by atoms with van der Waals surface area (Å²) < 4.78 is 6.04. The van der Waals surface area contributed by atoms with Crippen LogP contribution in [0.4, 0.5) is 0 Å². The molecule has 5 rings (SSSR count). The molecule has 3 N–H and O–H groups in total. The Labute approximate surface area is 168 Å². The average Bonchev–Trinajstić information content (AvgIpc) is 3.18. The average molecular weight is 385 g/mol. The Morgan fingerprint density at radius 1 is 1.00 bits per heavy atom. The number of para-hydroxylation sites is 1. The fraction of sp³-hybridized carbons (Fsp3) is 0.250. The lowest BCUT2D eigenvalue weighted by molar-refractivity contribution is 0.0926. The van der Waals surface area contributed by atoms with Crippen LogP contribution < -0.4 is 11.1 Å². The first-order valence-electron chi connectivity index (χ1n) is 10.1. The van der Waals surface area contributed by atoms with Crippen LogP contribution in [0.5, 0.6) is 0 Å². The molecule has 2 aromatic heterocycles. The van der Waals surface area contributed by atoms with Crippen LogP contribution in [0.15, 0.2) is 65.3 Å². The number of nitrogens with one attached hydrogen (secondary N) is 1. The molecular formula is C24H23N3O2. The largest absolute Gasteiger partial charge is 0.456 e. The number of benzene rings is 2. The minimum atomic E-state index is -0.0419. The zero-order valence-corrected chi connectivity index (χ0v) is 16.1. The summed E-state index contributed by atoms with van der Waals surface area (Å²) in [6.45, 7) is 0. The second-order valence-corrected chi connectivity index (χ2v) is 7.86. The number of nitrogens with two attached hydrogens (primary N) is 1. The molecule has 0 aliphatic heterocycles. The summed E-state index contributed by atoms with van der Waals surface area (Å²) in [5.74, 6) is 0.711. The Kier molecular flexibility index (Phi) is 4.52. The summed E-state index contributed by atoms with van der Waals surface area (Å²) in [5.41, 5.74) is 8.35. The van der Waals surface area contributed by atoms with E-state index in [9.17, 15) is 4.79 Å². The van der Waals surface area contributed by atoms with Gasteiger partial charge in [-0.15, -0.1) is 0 Å². The van der Waals surface area contributed by atoms with E-state index in [0.29, 0.717) is 5.56 Å². The predicted octanol–water partition coefficient (Wildman–Crippen LogP) is 4.65. The molecular weight excluding hydrogens is 362 g/mol.